The number of rotatable bonds is 1. The molecule has 0 aliphatic heterocycles. The minimum absolute atomic E-state index is 0.319. The Morgan fingerprint density at radius 1 is 1.62 bits per heavy atom. The predicted molar refractivity (Wildman–Crippen MR) is 63.7 cm³/mol. The lowest BCUT2D eigenvalue weighted by Gasteiger charge is -2.06. The van der Waals surface area contributed by atoms with Gasteiger partial charge in [0.1, 0.15) is 5.82 Å². The highest BCUT2D eigenvalue weighted by Crippen LogP contribution is 2.31. The van der Waals surface area contributed by atoms with E-state index in [0.29, 0.717) is 15.1 Å². The molecule has 0 unspecified atom stereocenters. The molecule has 2 rings (SSSR count). The van der Waals surface area contributed by atoms with Gasteiger partial charge in [-0.15, -0.1) is 0 Å². The van der Waals surface area contributed by atoms with E-state index >= 15 is 0 Å². The zero-order valence-electron chi connectivity index (χ0n) is 8.07. The van der Waals surface area contributed by atoms with Crippen molar-refractivity contribution in [2.24, 2.45) is 0 Å². The molecule has 2 aromatic rings. The molecule has 1 amide bonds. The number of fused-ring (bicyclic) bond motifs is 1. The number of halogens is 2. The Morgan fingerprint density at radius 3 is 2.94 bits per heavy atom. The zero-order chi connectivity index (χ0) is 11.9. The number of hydrogen-bond donors (Lipinski definition) is 1. The molecule has 0 saturated heterocycles. The Labute approximate surface area is 102 Å². The SMILES string of the molecule is CN(C(=O)O)c1nc2cc(F)c(Br)cc2s1. The Balaban J connectivity index is 2.56. The molecule has 1 aromatic carbocycles. The standard InChI is InChI=1S/C9H6BrFN2O2S/c1-13(9(14)15)8-12-6-3-5(11)4(10)2-7(6)16-8/h2-3H,1H3,(H,14,15). The van der Waals surface area contributed by atoms with Crippen LogP contribution in [0.2, 0.25) is 0 Å². The second-order valence-electron chi connectivity index (χ2n) is 3.07. The molecular formula is C9H6BrFN2O2S. The van der Waals surface area contributed by atoms with Crippen molar-refractivity contribution in [3.63, 3.8) is 0 Å². The van der Waals surface area contributed by atoms with Crippen LogP contribution in [0, 0.1) is 5.82 Å². The lowest BCUT2D eigenvalue weighted by atomic mass is 10.3. The van der Waals surface area contributed by atoms with Crippen LogP contribution < -0.4 is 4.90 Å². The highest BCUT2D eigenvalue weighted by molar-refractivity contribution is 9.10. The molecule has 0 atom stereocenters. The van der Waals surface area contributed by atoms with Crippen molar-refractivity contribution >= 4 is 48.7 Å². The van der Waals surface area contributed by atoms with Crippen LogP contribution in [0.5, 0.6) is 0 Å². The van der Waals surface area contributed by atoms with E-state index in [1.54, 1.807) is 6.07 Å². The van der Waals surface area contributed by atoms with Gasteiger partial charge in [0.15, 0.2) is 5.13 Å². The third-order valence-electron chi connectivity index (χ3n) is 1.99. The van der Waals surface area contributed by atoms with Crippen molar-refractivity contribution in [1.82, 2.24) is 4.98 Å². The second kappa shape index (κ2) is 3.99. The topological polar surface area (TPSA) is 53.4 Å². The van der Waals surface area contributed by atoms with E-state index < -0.39 is 11.9 Å². The van der Waals surface area contributed by atoms with Crippen LogP contribution in [0.15, 0.2) is 16.6 Å². The van der Waals surface area contributed by atoms with Crippen molar-refractivity contribution < 1.29 is 14.3 Å². The van der Waals surface area contributed by atoms with E-state index in [4.69, 9.17) is 5.11 Å². The van der Waals surface area contributed by atoms with Crippen LogP contribution in [0.3, 0.4) is 0 Å². The summed E-state index contributed by atoms with van der Waals surface area (Å²) in [5, 5.41) is 9.10. The fraction of sp³-hybridized carbons (Fsp3) is 0.111. The number of carbonyl (C=O) groups is 1. The van der Waals surface area contributed by atoms with Gasteiger partial charge in [-0.05, 0) is 22.0 Å². The molecule has 0 saturated carbocycles. The molecule has 0 radical (unpaired) electrons. The van der Waals surface area contributed by atoms with Crippen LogP contribution in [0.4, 0.5) is 14.3 Å². The molecule has 84 valence electrons. The fourth-order valence-electron chi connectivity index (χ4n) is 1.14. The molecule has 0 aliphatic rings. The molecule has 0 bridgehead atoms. The van der Waals surface area contributed by atoms with Crippen LogP contribution in [-0.4, -0.2) is 23.2 Å². The molecule has 1 N–H and O–H groups in total. The maximum atomic E-state index is 13.2. The van der Waals surface area contributed by atoms with Crippen molar-refractivity contribution in [1.29, 1.82) is 0 Å². The van der Waals surface area contributed by atoms with Crippen molar-refractivity contribution in [3.05, 3.63) is 22.4 Å². The normalized spacial score (nSPS) is 10.7. The average molecular weight is 305 g/mol. The minimum Gasteiger partial charge on any atom is -0.465 e. The summed E-state index contributed by atoms with van der Waals surface area (Å²) in [6.07, 6.45) is -1.10. The lowest BCUT2D eigenvalue weighted by Crippen LogP contribution is -2.23. The van der Waals surface area contributed by atoms with Gasteiger partial charge < -0.3 is 5.11 Å². The maximum absolute atomic E-state index is 13.2. The number of aromatic nitrogens is 1. The van der Waals surface area contributed by atoms with Gasteiger partial charge >= 0.3 is 6.09 Å². The number of benzene rings is 1. The number of nitrogens with zero attached hydrogens (tertiary/aromatic N) is 2. The van der Waals surface area contributed by atoms with Gasteiger partial charge in [-0.1, -0.05) is 11.3 Å². The third kappa shape index (κ3) is 1.88. The van der Waals surface area contributed by atoms with Gasteiger partial charge in [0.2, 0.25) is 0 Å². The Hall–Kier alpha value is -1.21. The number of anilines is 1. The highest BCUT2D eigenvalue weighted by Gasteiger charge is 2.14. The summed E-state index contributed by atoms with van der Waals surface area (Å²) in [4.78, 5) is 15.8. The number of hydrogen-bond acceptors (Lipinski definition) is 3. The summed E-state index contributed by atoms with van der Waals surface area (Å²) in [6, 6.07) is 2.86. The molecule has 0 aliphatic carbocycles. The molecule has 7 heteroatoms. The number of amides is 1. The zero-order valence-corrected chi connectivity index (χ0v) is 10.5. The summed E-state index contributed by atoms with van der Waals surface area (Å²) < 4.78 is 14.3. The van der Waals surface area contributed by atoms with Crippen molar-refractivity contribution in [2.75, 3.05) is 11.9 Å². The average Bonchev–Trinajstić information content (AvgIpc) is 2.60. The van der Waals surface area contributed by atoms with E-state index in [9.17, 15) is 9.18 Å². The lowest BCUT2D eigenvalue weighted by molar-refractivity contribution is 0.203. The van der Waals surface area contributed by atoms with Crippen LogP contribution in [0.25, 0.3) is 10.2 Å². The molecule has 0 fully saturated rings. The van der Waals surface area contributed by atoms with Crippen molar-refractivity contribution in [3.8, 4) is 0 Å². The monoisotopic (exact) mass is 304 g/mol. The molecule has 1 heterocycles. The van der Waals surface area contributed by atoms with E-state index in [-0.39, 0.29) is 0 Å². The van der Waals surface area contributed by atoms with Gasteiger partial charge in [0.25, 0.3) is 0 Å². The van der Waals surface area contributed by atoms with E-state index in [1.807, 2.05) is 0 Å². The largest absolute Gasteiger partial charge is 0.465 e. The van der Waals surface area contributed by atoms with E-state index in [0.717, 1.165) is 9.60 Å². The van der Waals surface area contributed by atoms with Crippen LogP contribution >= 0.6 is 27.3 Å². The second-order valence-corrected chi connectivity index (χ2v) is 4.94. The first-order chi connectivity index (χ1) is 7.49. The molecular weight excluding hydrogens is 299 g/mol. The van der Waals surface area contributed by atoms with Gasteiger partial charge in [0.05, 0.1) is 14.7 Å². The quantitative estimate of drug-likeness (QED) is 0.879. The first-order valence-electron chi connectivity index (χ1n) is 4.21. The van der Waals surface area contributed by atoms with Crippen LogP contribution in [0.1, 0.15) is 0 Å². The van der Waals surface area contributed by atoms with Gasteiger partial charge in [-0.3, -0.25) is 4.90 Å². The predicted octanol–water partition coefficient (Wildman–Crippen LogP) is 3.31. The Morgan fingerprint density at radius 2 is 2.31 bits per heavy atom. The summed E-state index contributed by atoms with van der Waals surface area (Å²) >= 11 is 4.26. The third-order valence-corrected chi connectivity index (χ3v) is 3.70. The van der Waals surface area contributed by atoms with Crippen LogP contribution in [-0.2, 0) is 0 Å². The first-order valence-corrected chi connectivity index (χ1v) is 5.82. The summed E-state index contributed by atoms with van der Waals surface area (Å²) in [5.41, 5.74) is 0.453. The van der Waals surface area contributed by atoms with E-state index in [1.165, 1.54) is 24.5 Å². The molecule has 4 nitrogen and oxygen atoms in total. The summed E-state index contributed by atoms with van der Waals surface area (Å²) in [6.45, 7) is 0. The van der Waals surface area contributed by atoms with Gasteiger partial charge in [-0.2, -0.15) is 0 Å². The maximum Gasteiger partial charge on any atom is 0.413 e. The summed E-state index contributed by atoms with van der Waals surface area (Å²) in [5.74, 6) is -0.415. The molecule has 0 spiro atoms. The van der Waals surface area contributed by atoms with Gasteiger partial charge in [0, 0.05) is 13.1 Å². The van der Waals surface area contributed by atoms with Gasteiger partial charge in [-0.25, -0.2) is 14.2 Å². The summed E-state index contributed by atoms with van der Waals surface area (Å²) in [7, 11) is 1.39. The smallest absolute Gasteiger partial charge is 0.413 e. The fourth-order valence-corrected chi connectivity index (χ4v) is 2.57. The number of thiazole rings is 1. The highest BCUT2D eigenvalue weighted by atomic mass is 79.9. The first kappa shape index (κ1) is 11.3. The van der Waals surface area contributed by atoms with E-state index in [2.05, 4.69) is 20.9 Å². The minimum atomic E-state index is -1.10. The Kier molecular flexibility index (Phi) is 2.81. The molecule has 1 aromatic heterocycles. The number of carboxylic acid groups (broad SMARTS) is 1. The Bertz CT molecular complexity index is 533. The van der Waals surface area contributed by atoms with Crippen molar-refractivity contribution in [2.45, 2.75) is 0 Å². The molecule has 16 heavy (non-hydrogen) atoms.